The Morgan fingerprint density at radius 1 is 0.882 bits per heavy atom. The number of aliphatic hydroxyl groups is 2. The maximum Gasteiger partial charge on any atom is 0.332 e. The van der Waals surface area contributed by atoms with Crippen LogP contribution in [0.3, 0.4) is 0 Å². The molecule has 17 heavy (non-hydrogen) atoms. The van der Waals surface area contributed by atoms with Gasteiger partial charge in [0.15, 0.2) is 0 Å². The van der Waals surface area contributed by atoms with E-state index in [-0.39, 0.29) is 31.7 Å². The first-order chi connectivity index (χ1) is 7.33. The third-order valence-corrected chi connectivity index (χ3v) is 0.992. The van der Waals surface area contributed by atoms with Gasteiger partial charge in [-0.25, -0.2) is 9.59 Å². The maximum atomic E-state index is 10.2. The summed E-state index contributed by atoms with van der Waals surface area (Å²) in [6, 6.07) is 0. The summed E-state index contributed by atoms with van der Waals surface area (Å²) < 4.78 is 9.02. The molecule has 0 aliphatic rings. The molecule has 0 aromatic carbocycles. The molecule has 0 spiro atoms. The molecule has 0 heterocycles. The zero-order chi connectivity index (χ0) is 13.1. The van der Waals surface area contributed by atoms with Crippen molar-refractivity contribution in [2.75, 3.05) is 13.2 Å². The molecule has 0 unspecified atom stereocenters. The van der Waals surface area contributed by atoms with Crippen LogP contribution in [0.25, 0.3) is 0 Å². The van der Waals surface area contributed by atoms with Crippen molar-refractivity contribution in [1.82, 2.24) is 0 Å². The first-order valence-corrected chi connectivity index (χ1v) is 4.94. The van der Waals surface area contributed by atoms with Gasteiger partial charge in [0.05, 0.1) is 12.2 Å². The van der Waals surface area contributed by atoms with Crippen molar-refractivity contribution in [3.63, 3.8) is 0 Å². The van der Waals surface area contributed by atoms with Gasteiger partial charge in [0.2, 0.25) is 0 Å². The average molecular weight is 302 g/mol. The van der Waals surface area contributed by atoms with Crippen molar-refractivity contribution < 1.29 is 48.8 Å². The number of hydrogen-bond acceptors (Lipinski definition) is 6. The number of hydrogen-bond donors (Lipinski definition) is 2. The van der Waals surface area contributed by atoms with Crippen LogP contribution >= 0.6 is 0 Å². The Kier molecular flexibility index (Phi) is 17.3. The minimum absolute atomic E-state index is 0. The van der Waals surface area contributed by atoms with E-state index in [1.807, 2.05) is 0 Å². The topological polar surface area (TPSA) is 93.1 Å². The minimum Gasteiger partial charge on any atom is -0.461 e. The fourth-order valence-corrected chi connectivity index (χ4v) is 0.600. The molecule has 2 N–H and O–H groups in total. The monoisotopic (exact) mass is 300 g/mol. The Hall–Kier alpha value is -0.517. The summed E-state index contributed by atoms with van der Waals surface area (Å²) in [6.07, 6.45) is -0.260. The molecule has 0 amide bonds. The number of ether oxygens (including phenoxy) is 2. The van der Waals surface area contributed by atoms with E-state index >= 15 is 0 Å². The van der Waals surface area contributed by atoms with Crippen molar-refractivity contribution in [2.24, 2.45) is 0 Å². The van der Waals surface area contributed by atoms with Gasteiger partial charge < -0.3 is 19.7 Å². The first-order valence-electron chi connectivity index (χ1n) is 4.94. The van der Waals surface area contributed by atoms with Crippen LogP contribution in [0.4, 0.5) is 0 Å². The molecule has 0 aromatic heterocycles. The number of aliphatic hydroxyl groups excluding tert-OH is 2. The average Bonchev–Trinajstić information content (AvgIpc) is 2.16. The smallest absolute Gasteiger partial charge is 0.332 e. The number of carbonyl (C=O) groups excluding carboxylic acids is 2. The molecule has 0 rings (SSSR count). The molecule has 0 fully saturated rings. The SMILES string of the molecule is CC(C)OC(=O)CO.CC(C)OC(=O)CO.[Zn]. The summed E-state index contributed by atoms with van der Waals surface area (Å²) in [5.74, 6) is -1.14. The summed E-state index contributed by atoms with van der Waals surface area (Å²) in [6.45, 7) is 5.86. The third-order valence-electron chi connectivity index (χ3n) is 0.992. The van der Waals surface area contributed by atoms with E-state index in [2.05, 4.69) is 9.47 Å². The van der Waals surface area contributed by atoms with Gasteiger partial charge in [0.1, 0.15) is 13.2 Å². The van der Waals surface area contributed by atoms with Crippen LogP contribution in [0.15, 0.2) is 0 Å². The Bertz CT molecular complexity index is 183. The van der Waals surface area contributed by atoms with Crippen molar-refractivity contribution in [1.29, 1.82) is 0 Å². The van der Waals surface area contributed by atoms with Gasteiger partial charge in [0.25, 0.3) is 0 Å². The molecule has 0 aliphatic heterocycles. The second kappa shape index (κ2) is 13.5. The van der Waals surface area contributed by atoms with E-state index in [0.717, 1.165) is 0 Å². The van der Waals surface area contributed by atoms with Crippen LogP contribution in [-0.2, 0) is 38.5 Å². The van der Waals surface area contributed by atoms with Crippen LogP contribution in [0.1, 0.15) is 27.7 Å². The summed E-state index contributed by atoms with van der Waals surface area (Å²) >= 11 is 0. The van der Waals surface area contributed by atoms with E-state index in [1.165, 1.54) is 0 Å². The van der Waals surface area contributed by atoms with Gasteiger partial charge in [-0.3, -0.25) is 0 Å². The summed E-state index contributed by atoms with van der Waals surface area (Å²) in [5.41, 5.74) is 0. The predicted octanol–water partition coefficient (Wildman–Crippen LogP) is -0.142. The first kappa shape index (κ1) is 21.7. The van der Waals surface area contributed by atoms with Crippen LogP contribution in [0.5, 0.6) is 0 Å². The molecule has 0 bridgehead atoms. The van der Waals surface area contributed by atoms with Gasteiger partial charge in [0, 0.05) is 19.5 Å². The normalized spacial score (nSPS) is 8.94. The van der Waals surface area contributed by atoms with Crippen molar-refractivity contribution in [3.05, 3.63) is 0 Å². The molecule has 0 aromatic rings. The van der Waals surface area contributed by atoms with Gasteiger partial charge >= 0.3 is 11.9 Å². The Morgan fingerprint density at radius 3 is 1.18 bits per heavy atom. The number of esters is 2. The van der Waals surface area contributed by atoms with E-state index < -0.39 is 25.2 Å². The largest absolute Gasteiger partial charge is 0.461 e. The second-order valence-corrected chi connectivity index (χ2v) is 3.39. The third kappa shape index (κ3) is 21.3. The fourth-order valence-electron chi connectivity index (χ4n) is 0.600. The van der Waals surface area contributed by atoms with E-state index in [0.29, 0.717) is 0 Å². The van der Waals surface area contributed by atoms with Gasteiger partial charge in [-0.1, -0.05) is 0 Å². The van der Waals surface area contributed by atoms with Gasteiger partial charge in [-0.2, -0.15) is 0 Å². The van der Waals surface area contributed by atoms with Crippen molar-refractivity contribution >= 4 is 11.9 Å². The predicted molar refractivity (Wildman–Crippen MR) is 56.6 cm³/mol. The molecular formula is C10H20O6Zn. The molecule has 0 saturated carbocycles. The quantitative estimate of drug-likeness (QED) is 0.554. The maximum absolute atomic E-state index is 10.2. The van der Waals surface area contributed by atoms with Crippen LogP contribution in [-0.4, -0.2) is 47.6 Å². The number of rotatable bonds is 4. The molecule has 98 valence electrons. The van der Waals surface area contributed by atoms with E-state index in [9.17, 15) is 9.59 Å². The standard InChI is InChI=1S/2C5H10O3.Zn/c2*1-4(2)8-5(7)3-6;/h2*4,6H,3H2,1-2H3;. The minimum atomic E-state index is -0.569. The second-order valence-electron chi connectivity index (χ2n) is 3.39. The van der Waals surface area contributed by atoms with Crippen molar-refractivity contribution in [2.45, 2.75) is 39.9 Å². The Morgan fingerprint density at radius 2 is 1.12 bits per heavy atom. The van der Waals surface area contributed by atoms with E-state index in [1.54, 1.807) is 27.7 Å². The van der Waals surface area contributed by atoms with E-state index in [4.69, 9.17) is 10.2 Å². The number of carbonyl (C=O) groups is 2. The summed E-state index contributed by atoms with van der Waals surface area (Å²) in [7, 11) is 0. The molecule has 0 atom stereocenters. The fraction of sp³-hybridized carbons (Fsp3) is 0.800. The summed E-state index contributed by atoms with van der Waals surface area (Å²) in [5, 5.41) is 16.2. The zero-order valence-corrected chi connectivity index (χ0v) is 13.8. The molecular weight excluding hydrogens is 281 g/mol. The van der Waals surface area contributed by atoms with Crippen LogP contribution in [0, 0.1) is 0 Å². The molecule has 0 aliphatic carbocycles. The van der Waals surface area contributed by atoms with Crippen LogP contribution in [0.2, 0.25) is 0 Å². The van der Waals surface area contributed by atoms with Gasteiger partial charge in [-0.15, -0.1) is 0 Å². The zero-order valence-electron chi connectivity index (χ0n) is 10.8. The Balaban J connectivity index is -0.000000218. The van der Waals surface area contributed by atoms with Crippen molar-refractivity contribution in [3.8, 4) is 0 Å². The molecule has 7 heteroatoms. The molecule has 6 nitrogen and oxygen atoms in total. The Labute approximate surface area is 114 Å². The molecule has 0 radical (unpaired) electrons. The van der Waals surface area contributed by atoms with Gasteiger partial charge in [-0.05, 0) is 27.7 Å². The molecule has 0 saturated heterocycles. The summed E-state index contributed by atoms with van der Waals surface area (Å²) in [4.78, 5) is 20.3. The van der Waals surface area contributed by atoms with Crippen LogP contribution < -0.4 is 0 Å².